The molecule has 2 aromatic rings. The van der Waals surface area contributed by atoms with E-state index in [0.29, 0.717) is 23.4 Å². The average Bonchev–Trinajstić information content (AvgIpc) is 3.15. The quantitative estimate of drug-likeness (QED) is 0.770. The van der Waals surface area contributed by atoms with Crippen LogP contribution < -0.4 is 15.4 Å². The van der Waals surface area contributed by atoms with Crippen molar-refractivity contribution in [1.82, 2.24) is 25.4 Å². The van der Waals surface area contributed by atoms with Crippen LogP contribution in [-0.4, -0.2) is 37.8 Å². The zero-order valence-corrected chi connectivity index (χ0v) is 18.1. The third kappa shape index (κ3) is 3.91. The third-order valence-corrected chi connectivity index (χ3v) is 7.06. The fraction of sp³-hybridized carbons (Fsp3) is 0.565. The lowest BCUT2D eigenvalue weighted by atomic mass is 9.50. The van der Waals surface area contributed by atoms with Gasteiger partial charge >= 0.3 is 6.09 Å². The van der Waals surface area contributed by atoms with Crippen LogP contribution in [0.3, 0.4) is 0 Å². The zero-order valence-electron chi connectivity index (χ0n) is 18.1. The molecule has 164 valence electrons. The van der Waals surface area contributed by atoms with Gasteiger partial charge in [-0.1, -0.05) is 6.07 Å². The number of amides is 2. The molecule has 4 aliphatic rings. The van der Waals surface area contributed by atoms with Crippen LogP contribution >= 0.6 is 0 Å². The molecule has 8 heteroatoms. The van der Waals surface area contributed by atoms with Crippen LogP contribution in [0.5, 0.6) is 5.88 Å². The maximum absolute atomic E-state index is 13.0. The van der Waals surface area contributed by atoms with Crippen molar-refractivity contribution in [2.24, 2.45) is 11.8 Å². The van der Waals surface area contributed by atoms with E-state index < -0.39 is 6.09 Å². The van der Waals surface area contributed by atoms with Crippen LogP contribution in [0, 0.1) is 18.8 Å². The maximum Gasteiger partial charge on any atom is 0.414 e. The first kappa shape index (κ1) is 20.0. The van der Waals surface area contributed by atoms with E-state index in [0.717, 1.165) is 44.3 Å². The smallest absolute Gasteiger partial charge is 0.391 e. The van der Waals surface area contributed by atoms with Crippen LogP contribution in [-0.2, 0) is 6.54 Å². The van der Waals surface area contributed by atoms with Gasteiger partial charge in [-0.25, -0.2) is 9.78 Å². The first-order chi connectivity index (χ1) is 14.9. The van der Waals surface area contributed by atoms with Crippen molar-refractivity contribution in [3.63, 3.8) is 0 Å². The number of aryl methyl sites for hydroxylation is 2. The zero-order chi connectivity index (χ0) is 21.6. The van der Waals surface area contributed by atoms with Crippen LogP contribution in [0.4, 0.5) is 4.79 Å². The van der Waals surface area contributed by atoms with Crippen molar-refractivity contribution in [3.8, 4) is 5.88 Å². The minimum atomic E-state index is -0.469. The van der Waals surface area contributed by atoms with Crippen molar-refractivity contribution in [3.05, 3.63) is 41.9 Å². The average molecular weight is 424 g/mol. The van der Waals surface area contributed by atoms with Gasteiger partial charge < -0.3 is 15.4 Å². The van der Waals surface area contributed by atoms with E-state index in [-0.39, 0.29) is 17.0 Å². The Morgan fingerprint density at radius 3 is 2.48 bits per heavy atom. The molecule has 2 unspecified atom stereocenters. The molecule has 4 fully saturated rings. The summed E-state index contributed by atoms with van der Waals surface area (Å²) in [7, 11) is 0. The number of nitrogens with one attached hydrogen (secondary N) is 2. The molecule has 4 saturated carbocycles. The second-order valence-corrected chi connectivity index (χ2v) is 9.66. The van der Waals surface area contributed by atoms with E-state index in [4.69, 9.17) is 4.74 Å². The van der Waals surface area contributed by atoms with E-state index in [9.17, 15) is 9.59 Å². The molecule has 2 amide bonds. The summed E-state index contributed by atoms with van der Waals surface area (Å²) in [6.45, 7) is 4.59. The van der Waals surface area contributed by atoms with Gasteiger partial charge in [0, 0.05) is 35.6 Å². The maximum atomic E-state index is 13.0. The van der Waals surface area contributed by atoms with Crippen LogP contribution in [0.15, 0.2) is 30.5 Å². The number of nitrogens with zero attached hydrogens (tertiary/aromatic N) is 3. The lowest BCUT2D eigenvalue weighted by Gasteiger charge is -2.61. The number of pyridine rings is 1. The normalized spacial score (nSPS) is 30.8. The summed E-state index contributed by atoms with van der Waals surface area (Å²) in [6, 6.07) is 7.13. The first-order valence-electron chi connectivity index (χ1n) is 11.2. The standard InChI is InChI=1S/C23H29N5O3/c1-3-28-8-7-18(27-28)20(29)25-22-10-16-9-17(11-22)13-23(12-16,14-22)26-21(30)31-19-6-4-5-15(2)24-19/h4-8,16-17H,3,9-14H2,1-2H3,(H,25,29)(H,26,30). The molecule has 2 heterocycles. The highest BCUT2D eigenvalue weighted by Gasteiger charge is 2.59. The van der Waals surface area contributed by atoms with Gasteiger partial charge in [0.05, 0.1) is 0 Å². The molecule has 2 N–H and O–H groups in total. The van der Waals surface area contributed by atoms with Gasteiger partial charge in [-0.05, 0) is 76.3 Å². The number of aromatic nitrogens is 3. The van der Waals surface area contributed by atoms with E-state index in [1.54, 1.807) is 16.8 Å². The largest absolute Gasteiger partial charge is 0.414 e. The van der Waals surface area contributed by atoms with Gasteiger partial charge in [0.1, 0.15) is 5.69 Å². The van der Waals surface area contributed by atoms with Gasteiger partial charge in [-0.2, -0.15) is 5.10 Å². The molecule has 2 aromatic heterocycles. The van der Waals surface area contributed by atoms with E-state index >= 15 is 0 Å². The van der Waals surface area contributed by atoms with Crippen LogP contribution in [0.25, 0.3) is 0 Å². The molecule has 0 saturated heterocycles. The first-order valence-corrected chi connectivity index (χ1v) is 11.2. The highest BCUT2D eigenvalue weighted by molar-refractivity contribution is 5.92. The number of hydrogen-bond acceptors (Lipinski definition) is 5. The minimum absolute atomic E-state index is 0.129. The van der Waals surface area contributed by atoms with Crippen molar-refractivity contribution >= 4 is 12.0 Å². The molecule has 0 radical (unpaired) electrons. The summed E-state index contributed by atoms with van der Waals surface area (Å²) in [5, 5.41) is 10.8. The summed E-state index contributed by atoms with van der Waals surface area (Å²) in [5.41, 5.74) is 0.601. The number of carbonyl (C=O) groups is 2. The molecule has 4 aliphatic carbocycles. The topological polar surface area (TPSA) is 98.1 Å². The predicted molar refractivity (Wildman–Crippen MR) is 114 cm³/mol. The molecular formula is C23H29N5O3. The van der Waals surface area contributed by atoms with Crippen LogP contribution in [0.1, 0.15) is 61.6 Å². The molecule has 6 rings (SSSR count). The second-order valence-electron chi connectivity index (χ2n) is 9.66. The fourth-order valence-electron chi connectivity index (χ4n) is 6.43. The Hall–Kier alpha value is -2.90. The van der Waals surface area contributed by atoms with Gasteiger partial charge in [0.15, 0.2) is 0 Å². The number of ether oxygens (including phenoxy) is 1. The molecule has 2 atom stereocenters. The third-order valence-electron chi connectivity index (χ3n) is 7.06. The number of hydrogen-bond donors (Lipinski definition) is 2. The van der Waals surface area contributed by atoms with Gasteiger partial charge in [-0.3, -0.25) is 9.48 Å². The Morgan fingerprint density at radius 1 is 1.13 bits per heavy atom. The van der Waals surface area contributed by atoms with E-state index in [2.05, 4.69) is 20.7 Å². The van der Waals surface area contributed by atoms with Gasteiger partial charge in [0.25, 0.3) is 5.91 Å². The van der Waals surface area contributed by atoms with Gasteiger partial charge in [0.2, 0.25) is 5.88 Å². The highest BCUT2D eigenvalue weighted by atomic mass is 16.6. The van der Waals surface area contributed by atoms with E-state index in [1.165, 1.54) is 6.42 Å². The fourth-order valence-corrected chi connectivity index (χ4v) is 6.43. The summed E-state index contributed by atoms with van der Waals surface area (Å²) in [5.74, 6) is 1.16. The van der Waals surface area contributed by atoms with Crippen molar-refractivity contribution in [1.29, 1.82) is 0 Å². The molecule has 0 spiro atoms. The molecule has 31 heavy (non-hydrogen) atoms. The summed E-state index contributed by atoms with van der Waals surface area (Å²) >= 11 is 0. The number of rotatable bonds is 5. The lowest BCUT2D eigenvalue weighted by Crippen LogP contribution is -2.70. The number of carbonyl (C=O) groups excluding carboxylic acids is 2. The Bertz CT molecular complexity index is 1000. The Kier molecular flexibility index (Phi) is 4.75. The second kappa shape index (κ2) is 7.35. The SMILES string of the molecule is CCn1ccc(C(=O)NC23CC4CC(CC(NC(=O)Oc5cccc(C)n5)(C4)C2)C3)n1. The van der Waals surface area contributed by atoms with Gasteiger partial charge in [-0.15, -0.1) is 0 Å². The Morgan fingerprint density at radius 2 is 1.84 bits per heavy atom. The summed E-state index contributed by atoms with van der Waals surface area (Å²) in [6.07, 6.45) is 7.03. The summed E-state index contributed by atoms with van der Waals surface area (Å²) in [4.78, 5) is 29.9. The molecule has 8 nitrogen and oxygen atoms in total. The van der Waals surface area contributed by atoms with E-state index in [1.807, 2.05) is 32.2 Å². The monoisotopic (exact) mass is 423 g/mol. The molecule has 0 aromatic carbocycles. The van der Waals surface area contributed by atoms with Crippen molar-refractivity contribution in [2.45, 2.75) is 70.0 Å². The summed E-state index contributed by atoms with van der Waals surface area (Å²) < 4.78 is 7.23. The lowest BCUT2D eigenvalue weighted by molar-refractivity contribution is -0.0450. The highest BCUT2D eigenvalue weighted by Crippen LogP contribution is 2.57. The minimum Gasteiger partial charge on any atom is -0.391 e. The Labute approximate surface area is 181 Å². The van der Waals surface area contributed by atoms with Crippen molar-refractivity contribution < 1.29 is 14.3 Å². The van der Waals surface area contributed by atoms with Crippen molar-refractivity contribution in [2.75, 3.05) is 0 Å². The molecule has 4 bridgehead atoms. The van der Waals surface area contributed by atoms with Crippen LogP contribution in [0.2, 0.25) is 0 Å². The Balaban J connectivity index is 1.31. The molecular weight excluding hydrogens is 394 g/mol. The molecule has 0 aliphatic heterocycles. The predicted octanol–water partition coefficient (Wildman–Crippen LogP) is 3.22.